The Hall–Kier alpha value is -2.82. The van der Waals surface area contributed by atoms with Gasteiger partial charge in [0.25, 0.3) is 0 Å². The third kappa shape index (κ3) is 4.84. The lowest BCUT2D eigenvalue weighted by Gasteiger charge is -2.03. The van der Waals surface area contributed by atoms with Crippen LogP contribution in [-0.4, -0.2) is 9.97 Å². The summed E-state index contributed by atoms with van der Waals surface area (Å²) in [6, 6.07) is 12.7. The highest BCUT2D eigenvalue weighted by molar-refractivity contribution is 7.13. The lowest BCUT2D eigenvalue weighted by Crippen LogP contribution is -1.88. The summed E-state index contributed by atoms with van der Waals surface area (Å²) in [6.07, 6.45) is 12.3. The van der Waals surface area contributed by atoms with Crippen LogP contribution < -0.4 is 0 Å². The first-order chi connectivity index (χ1) is 14.5. The molecule has 0 spiro atoms. The van der Waals surface area contributed by atoms with Crippen LogP contribution in [0.3, 0.4) is 0 Å². The van der Waals surface area contributed by atoms with E-state index in [9.17, 15) is 0 Å². The van der Waals surface area contributed by atoms with Crippen molar-refractivity contribution in [2.24, 2.45) is 0 Å². The van der Waals surface area contributed by atoms with Gasteiger partial charge in [0, 0.05) is 31.9 Å². The number of aryl methyl sites for hydroxylation is 4. The van der Waals surface area contributed by atoms with E-state index in [1.165, 1.54) is 30.6 Å². The molecule has 30 heavy (non-hydrogen) atoms. The molecule has 4 heteroatoms. The second-order valence-electron chi connectivity index (χ2n) is 7.39. The first-order valence-corrected chi connectivity index (χ1v) is 11.5. The van der Waals surface area contributed by atoms with E-state index >= 15 is 0 Å². The van der Waals surface area contributed by atoms with Crippen molar-refractivity contribution in [2.45, 2.75) is 27.7 Å². The molecule has 0 saturated carbocycles. The van der Waals surface area contributed by atoms with Crippen molar-refractivity contribution in [2.75, 3.05) is 0 Å². The predicted octanol–water partition coefficient (Wildman–Crippen LogP) is 7.84. The minimum Gasteiger partial charge on any atom is -0.255 e. The maximum Gasteiger partial charge on any atom is 0.0892 e. The van der Waals surface area contributed by atoms with Crippen molar-refractivity contribution in [1.29, 1.82) is 0 Å². The molecule has 0 aliphatic rings. The van der Waals surface area contributed by atoms with Crippen molar-refractivity contribution >= 4 is 47.0 Å². The van der Waals surface area contributed by atoms with Gasteiger partial charge in [-0.3, -0.25) is 9.97 Å². The number of aromatic nitrogens is 2. The molecule has 0 aliphatic heterocycles. The van der Waals surface area contributed by atoms with E-state index in [-0.39, 0.29) is 0 Å². The Morgan fingerprint density at radius 2 is 1.03 bits per heavy atom. The standard InChI is InChI=1S/C26H24N2S2/c1-17-13-23(29-19(17)3)7-5-21-9-11-27-25(15-21)26-16-22(10-12-28-26)6-8-24-14-18(2)20(4)30-24/h5-16H,1-4H3/b7-5+,8-6+. The topological polar surface area (TPSA) is 25.8 Å². The minimum absolute atomic E-state index is 0.883. The monoisotopic (exact) mass is 428 g/mol. The van der Waals surface area contributed by atoms with Gasteiger partial charge < -0.3 is 0 Å². The molecule has 4 rings (SSSR count). The summed E-state index contributed by atoms with van der Waals surface area (Å²) >= 11 is 3.64. The van der Waals surface area contributed by atoms with Gasteiger partial charge in [0.2, 0.25) is 0 Å². The summed E-state index contributed by atoms with van der Waals surface area (Å²) in [5, 5.41) is 0. The van der Waals surface area contributed by atoms with E-state index < -0.39 is 0 Å². The molecule has 0 radical (unpaired) electrons. The molecule has 0 atom stereocenters. The molecule has 2 nitrogen and oxygen atoms in total. The number of rotatable bonds is 5. The molecule has 0 N–H and O–H groups in total. The van der Waals surface area contributed by atoms with Gasteiger partial charge in [0.15, 0.2) is 0 Å². The number of nitrogens with zero attached hydrogens (tertiary/aromatic N) is 2. The van der Waals surface area contributed by atoms with Gasteiger partial charge >= 0.3 is 0 Å². The van der Waals surface area contributed by atoms with Crippen molar-refractivity contribution in [1.82, 2.24) is 9.97 Å². The van der Waals surface area contributed by atoms with E-state index in [1.54, 1.807) is 0 Å². The molecule has 4 aromatic heterocycles. The number of thiophene rings is 2. The van der Waals surface area contributed by atoms with Gasteiger partial charge in [-0.05, 0) is 98.5 Å². The average Bonchev–Trinajstić information content (AvgIpc) is 3.25. The summed E-state index contributed by atoms with van der Waals surface area (Å²) in [7, 11) is 0. The van der Waals surface area contributed by atoms with Crippen LogP contribution in [0.2, 0.25) is 0 Å². The van der Waals surface area contributed by atoms with Crippen LogP contribution in [0.25, 0.3) is 35.7 Å². The summed E-state index contributed by atoms with van der Waals surface area (Å²) in [5.74, 6) is 0. The molecule has 4 aromatic rings. The quantitative estimate of drug-likeness (QED) is 0.323. The number of pyridine rings is 2. The number of hydrogen-bond acceptors (Lipinski definition) is 4. The fourth-order valence-corrected chi connectivity index (χ4v) is 5.00. The third-order valence-electron chi connectivity index (χ3n) is 5.08. The molecule has 0 aliphatic carbocycles. The van der Waals surface area contributed by atoms with Gasteiger partial charge in [-0.25, -0.2) is 0 Å². The van der Waals surface area contributed by atoms with Crippen LogP contribution in [0.5, 0.6) is 0 Å². The molecule has 0 amide bonds. The van der Waals surface area contributed by atoms with E-state index in [4.69, 9.17) is 0 Å². The summed E-state index contributed by atoms with van der Waals surface area (Å²) in [5.41, 5.74) is 6.70. The van der Waals surface area contributed by atoms with Crippen LogP contribution in [-0.2, 0) is 0 Å². The molecule has 0 aromatic carbocycles. The maximum absolute atomic E-state index is 4.54. The highest BCUT2D eigenvalue weighted by atomic mass is 32.1. The van der Waals surface area contributed by atoms with Gasteiger partial charge in [-0.1, -0.05) is 12.2 Å². The number of hydrogen-bond donors (Lipinski definition) is 0. The van der Waals surface area contributed by atoms with E-state index in [0.29, 0.717) is 0 Å². The van der Waals surface area contributed by atoms with Crippen LogP contribution in [0.1, 0.15) is 41.8 Å². The predicted molar refractivity (Wildman–Crippen MR) is 133 cm³/mol. The zero-order valence-corrected chi connectivity index (χ0v) is 19.3. The van der Waals surface area contributed by atoms with Crippen LogP contribution >= 0.6 is 22.7 Å². The van der Waals surface area contributed by atoms with Gasteiger partial charge in [0.05, 0.1) is 11.4 Å². The Morgan fingerprint density at radius 1 is 0.600 bits per heavy atom. The normalized spacial score (nSPS) is 11.7. The molecule has 0 fully saturated rings. The fourth-order valence-electron chi connectivity index (χ4n) is 3.11. The summed E-state index contributed by atoms with van der Waals surface area (Å²) < 4.78 is 0. The lowest BCUT2D eigenvalue weighted by molar-refractivity contribution is 1.24. The summed E-state index contributed by atoms with van der Waals surface area (Å²) in [4.78, 5) is 14.4. The zero-order chi connectivity index (χ0) is 21.1. The Kier molecular flexibility index (Phi) is 6.07. The van der Waals surface area contributed by atoms with Crippen LogP contribution in [0, 0.1) is 27.7 Å². The first kappa shape index (κ1) is 20.5. The second-order valence-corrected chi connectivity index (χ2v) is 9.97. The van der Waals surface area contributed by atoms with Crippen molar-refractivity contribution in [3.8, 4) is 11.4 Å². The Bertz CT molecular complexity index is 1100. The van der Waals surface area contributed by atoms with Gasteiger partial charge in [-0.2, -0.15) is 0 Å². The highest BCUT2D eigenvalue weighted by Gasteiger charge is 2.04. The molecule has 0 unspecified atom stereocenters. The lowest BCUT2D eigenvalue weighted by atomic mass is 10.1. The highest BCUT2D eigenvalue weighted by Crippen LogP contribution is 2.25. The smallest absolute Gasteiger partial charge is 0.0892 e. The van der Waals surface area contributed by atoms with Crippen molar-refractivity contribution in [3.05, 3.63) is 90.6 Å². The van der Waals surface area contributed by atoms with Crippen LogP contribution in [0.4, 0.5) is 0 Å². The Morgan fingerprint density at radius 3 is 1.40 bits per heavy atom. The van der Waals surface area contributed by atoms with E-state index in [0.717, 1.165) is 22.5 Å². The molecule has 0 bridgehead atoms. The molecule has 0 saturated heterocycles. The van der Waals surface area contributed by atoms with Gasteiger partial charge in [-0.15, -0.1) is 22.7 Å². The first-order valence-electron chi connectivity index (χ1n) is 9.90. The Balaban J connectivity index is 1.55. The molecule has 150 valence electrons. The van der Waals surface area contributed by atoms with E-state index in [2.05, 4.69) is 86.2 Å². The molecular weight excluding hydrogens is 404 g/mol. The molecular formula is C26H24N2S2. The molecule has 4 heterocycles. The largest absolute Gasteiger partial charge is 0.255 e. The maximum atomic E-state index is 4.54. The summed E-state index contributed by atoms with van der Waals surface area (Å²) in [6.45, 7) is 8.63. The zero-order valence-electron chi connectivity index (χ0n) is 17.6. The second kappa shape index (κ2) is 8.90. The fraction of sp³-hybridized carbons (Fsp3) is 0.154. The Labute approximate surface area is 186 Å². The van der Waals surface area contributed by atoms with Crippen molar-refractivity contribution in [3.63, 3.8) is 0 Å². The van der Waals surface area contributed by atoms with Gasteiger partial charge in [0.1, 0.15) is 0 Å². The SMILES string of the molecule is Cc1cc(/C=C/c2ccnc(-c3cc(/C=C/c4cc(C)c(C)s4)ccn3)c2)sc1C. The third-order valence-corrected chi connectivity index (χ3v) is 7.32. The average molecular weight is 429 g/mol. The van der Waals surface area contributed by atoms with Crippen LogP contribution in [0.15, 0.2) is 48.8 Å². The minimum atomic E-state index is 0.883. The van der Waals surface area contributed by atoms with E-state index in [1.807, 2.05) is 47.2 Å². The van der Waals surface area contributed by atoms with Crippen molar-refractivity contribution < 1.29 is 0 Å².